The number of benzene rings is 1. The third-order valence-corrected chi connectivity index (χ3v) is 2.74. The van der Waals surface area contributed by atoms with Crippen LogP contribution in [0.3, 0.4) is 0 Å². The monoisotopic (exact) mass is 275 g/mol. The van der Waals surface area contributed by atoms with Gasteiger partial charge in [-0.25, -0.2) is 0 Å². The molecule has 0 bridgehead atoms. The number of aromatic nitrogens is 2. The zero-order chi connectivity index (χ0) is 14.4. The summed E-state index contributed by atoms with van der Waals surface area (Å²) in [5, 5.41) is 18.6. The van der Waals surface area contributed by atoms with Gasteiger partial charge < -0.3 is 20.8 Å². The summed E-state index contributed by atoms with van der Waals surface area (Å²) < 4.78 is 5.02. The second kappa shape index (κ2) is 6.67. The van der Waals surface area contributed by atoms with Crippen LogP contribution in [0.4, 0.5) is 0 Å². The van der Waals surface area contributed by atoms with Gasteiger partial charge in [-0.05, 0) is 18.6 Å². The molecule has 0 aliphatic rings. The molecule has 7 nitrogen and oxygen atoms in total. The molecule has 7 heteroatoms. The van der Waals surface area contributed by atoms with Gasteiger partial charge in [0.25, 0.3) is 0 Å². The van der Waals surface area contributed by atoms with Crippen molar-refractivity contribution in [1.29, 1.82) is 0 Å². The minimum Gasteiger partial charge on any atom is -0.409 e. The summed E-state index contributed by atoms with van der Waals surface area (Å²) in [5.74, 6) is 1.38. The Bertz CT molecular complexity index is 594. The molecule has 0 amide bonds. The largest absolute Gasteiger partial charge is 0.409 e. The van der Waals surface area contributed by atoms with E-state index in [4.69, 9.17) is 15.5 Å². The number of nitrogens with zero attached hydrogens (tertiary/aromatic N) is 3. The number of rotatable bonds is 6. The normalized spacial score (nSPS) is 11.8. The minimum absolute atomic E-state index is 0.105. The van der Waals surface area contributed by atoms with Crippen LogP contribution in [-0.4, -0.2) is 27.7 Å². The highest BCUT2D eigenvalue weighted by Gasteiger charge is 2.03. The highest BCUT2D eigenvalue weighted by Crippen LogP contribution is 2.05. The molecule has 0 aliphatic carbocycles. The summed E-state index contributed by atoms with van der Waals surface area (Å²) in [6.45, 7) is 3.20. The maximum Gasteiger partial charge on any atom is 0.227 e. The Morgan fingerprint density at radius 3 is 3.05 bits per heavy atom. The minimum atomic E-state index is 0.105. The third kappa shape index (κ3) is 3.79. The van der Waals surface area contributed by atoms with E-state index in [1.54, 1.807) is 13.0 Å². The van der Waals surface area contributed by atoms with Crippen molar-refractivity contribution in [1.82, 2.24) is 15.5 Å². The van der Waals surface area contributed by atoms with Gasteiger partial charge >= 0.3 is 0 Å². The molecule has 0 radical (unpaired) electrons. The molecule has 2 aromatic rings. The number of oxime groups is 1. The highest BCUT2D eigenvalue weighted by molar-refractivity contribution is 5.97. The van der Waals surface area contributed by atoms with Crippen molar-refractivity contribution in [3.63, 3.8) is 0 Å². The van der Waals surface area contributed by atoms with Crippen LogP contribution in [-0.2, 0) is 13.0 Å². The van der Waals surface area contributed by atoms with Gasteiger partial charge in [-0.2, -0.15) is 4.98 Å². The molecular formula is C13H17N5O2. The van der Waals surface area contributed by atoms with E-state index in [1.807, 2.05) is 18.2 Å². The third-order valence-electron chi connectivity index (χ3n) is 2.74. The predicted octanol–water partition coefficient (Wildman–Crippen LogP) is 0.805. The SMILES string of the molecule is Cc1noc(CCNCc2cccc(/C(N)=N/O)c2)n1. The summed E-state index contributed by atoms with van der Waals surface area (Å²) in [4.78, 5) is 4.13. The lowest BCUT2D eigenvalue weighted by Gasteiger charge is -2.05. The van der Waals surface area contributed by atoms with Gasteiger partial charge in [-0.15, -0.1) is 0 Å². The molecule has 0 saturated heterocycles. The van der Waals surface area contributed by atoms with Crippen molar-refractivity contribution in [3.05, 3.63) is 47.1 Å². The zero-order valence-electron chi connectivity index (χ0n) is 11.2. The molecule has 1 heterocycles. The Morgan fingerprint density at radius 1 is 1.50 bits per heavy atom. The van der Waals surface area contributed by atoms with Gasteiger partial charge in [-0.1, -0.05) is 28.5 Å². The molecule has 106 valence electrons. The smallest absolute Gasteiger partial charge is 0.227 e. The number of hydrogen-bond acceptors (Lipinski definition) is 6. The zero-order valence-corrected chi connectivity index (χ0v) is 11.2. The van der Waals surface area contributed by atoms with E-state index in [0.29, 0.717) is 30.2 Å². The van der Waals surface area contributed by atoms with E-state index in [2.05, 4.69) is 20.6 Å². The Kier molecular flexibility index (Phi) is 4.67. The number of nitrogens with two attached hydrogens (primary N) is 1. The molecule has 0 unspecified atom stereocenters. The average molecular weight is 275 g/mol. The van der Waals surface area contributed by atoms with E-state index in [9.17, 15) is 0 Å². The second-order valence-corrected chi connectivity index (χ2v) is 4.35. The fraction of sp³-hybridized carbons (Fsp3) is 0.308. The van der Waals surface area contributed by atoms with E-state index < -0.39 is 0 Å². The van der Waals surface area contributed by atoms with E-state index >= 15 is 0 Å². The molecule has 1 aromatic heterocycles. The van der Waals surface area contributed by atoms with Crippen LogP contribution >= 0.6 is 0 Å². The first-order chi connectivity index (χ1) is 9.69. The molecule has 0 atom stereocenters. The Labute approximate surface area is 116 Å². The molecule has 20 heavy (non-hydrogen) atoms. The maximum absolute atomic E-state index is 8.65. The molecule has 4 N–H and O–H groups in total. The van der Waals surface area contributed by atoms with Gasteiger partial charge in [0, 0.05) is 25.1 Å². The van der Waals surface area contributed by atoms with Crippen LogP contribution in [0.2, 0.25) is 0 Å². The molecular weight excluding hydrogens is 258 g/mol. The summed E-state index contributed by atoms with van der Waals surface area (Å²) in [7, 11) is 0. The van der Waals surface area contributed by atoms with E-state index in [1.165, 1.54) is 0 Å². The van der Waals surface area contributed by atoms with Gasteiger partial charge in [-0.3, -0.25) is 0 Å². The van der Waals surface area contributed by atoms with Gasteiger partial charge in [0.1, 0.15) is 0 Å². The number of amidine groups is 1. The Balaban J connectivity index is 1.82. The predicted molar refractivity (Wildman–Crippen MR) is 73.4 cm³/mol. The molecule has 2 rings (SSSR count). The summed E-state index contributed by atoms with van der Waals surface area (Å²) in [6.07, 6.45) is 0.681. The molecule has 1 aromatic carbocycles. The first kappa shape index (κ1) is 14.0. The van der Waals surface area contributed by atoms with Gasteiger partial charge in [0.05, 0.1) is 0 Å². The lowest BCUT2D eigenvalue weighted by Crippen LogP contribution is -2.18. The van der Waals surface area contributed by atoms with Crippen molar-refractivity contribution in [2.45, 2.75) is 19.9 Å². The first-order valence-electron chi connectivity index (χ1n) is 6.26. The quantitative estimate of drug-likeness (QED) is 0.236. The van der Waals surface area contributed by atoms with Gasteiger partial charge in [0.15, 0.2) is 11.7 Å². The Morgan fingerprint density at radius 2 is 2.35 bits per heavy atom. The van der Waals surface area contributed by atoms with Crippen molar-refractivity contribution >= 4 is 5.84 Å². The number of aryl methyl sites for hydroxylation is 1. The van der Waals surface area contributed by atoms with E-state index in [-0.39, 0.29) is 5.84 Å². The molecule has 0 spiro atoms. The fourth-order valence-corrected chi connectivity index (χ4v) is 1.77. The van der Waals surface area contributed by atoms with Crippen LogP contribution in [0.25, 0.3) is 0 Å². The van der Waals surface area contributed by atoms with Crippen molar-refractivity contribution < 1.29 is 9.73 Å². The van der Waals surface area contributed by atoms with Crippen LogP contribution in [0.15, 0.2) is 33.9 Å². The molecule has 0 fully saturated rings. The second-order valence-electron chi connectivity index (χ2n) is 4.35. The van der Waals surface area contributed by atoms with Gasteiger partial charge in [0.2, 0.25) is 5.89 Å². The van der Waals surface area contributed by atoms with E-state index in [0.717, 1.165) is 12.1 Å². The topological polar surface area (TPSA) is 110 Å². The maximum atomic E-state index is 8.65. The number of hydrogen-bond donors (Lipinski definition) is 3. The van der Waals surface area contributed by atoms with Crippen LogP contribution in [0, 0.1) is 6.92 Å². The standard InChI is InChI=1S/C13H17N5O2/c1-9-16-12(20-18-9)5-6-15-8-10-3-2-4-11(7-10)13(14)17-19/h2-4,7,15,19H,5-6,8H2,1H3,(H2,14,17). The number of nitrogens with one attached hydrogen (secondary N) is 1. The molecule has 0 saturated carbocycles. The van der Waals surface area contributed by atoms with Crippen molar-refractivity contribution in [3.8, 4) is 0 Å². The lowest BCUT2D eigenvalue weighted by atomic mass is 10.1. The average Bonchev–Trinajstić information content (AvgIpc) is 2.88. The Hall–Kier alpha value is -2.41. The van der Waals surface area contributed by atoms with Crippen molar-refractivity contribution in [2.75, 3.05) is 6.54 Å². The molecule has 0 aliphatic heterocycles. The first-order valence-corrected chi connectivity index (χ1v) is 6.26. The highest BCUT2D eigenvalue weighted by atomic mass is 16.5. The van der Waals surface area contributed by atoms with Crippen molar-refractivity contribution in [2.24, 2.45) is 10.9 Å². The lowest BCUT2D eigenvalue weighted by molar-refractivity contribution is 0.318. The summed E-state index contributed by atoms with van der Waals surface area (Å²) in [5.41, 5.74) is 7.29. The fourth-order valence-electron chi connectivity index (χ4n) is 1.77. The van der Waals surface area contributed by atoms with Crippen LogP contribution in [0.5, 0.6) is 0 Å². The summed E-state index contributed by atoms with van der Waals surface area (Å²) in [6, 6.07) is 7.50. The van der Waals surface area contributed by atoms with Crippen LogP contribution < -0.4 is 11.1 Å². The summed E-state index contributed by atoms with van der Waals surface area (Å²) >= 11 is 0. The van der Waals surface area contributed by atoms with Crippen LogP contribution in [0.1, 0.15) is 22.8 Å².